The van der Waals surface area contributed by atoms with Gasteiger partial charge in [-0.1, -0.05) is 23.7 Å². The summed E-state index contributed by atoms with van der Waals surface area (Å²) < 4.78 is 28.1. The van der Waals surface area contributed by atoms with E-state index in [1.54, 1.807) is 18.3 Å². The minimum absolute atomic E-state index is 0.202. The Morgan fingerprint density at radius 1 is 1.03 bits per heavy atom. The third kappa shape index (κ3) is 5.01. The predicted molar refractivity (Wildman–Crippen MR) is 158 cm³/mol. The van der Waals surface area contributed by atoms with Gasteiger partial charge in [-0.05, 0) is 98.7 Å². The number of aromatic nitrogens is 2. The molecule has 4 aromatic rings. The van der Waals surface area contributed by atoms with Crippen molar-refractivity contribution < 1.29 is 8.42 Å². The van der Waals surface area contributed by atoms with E-state index in [1.165, 1.54) is 0 Å². The Morgan fingerprint density at radius 2 is 1.76 bits per heavy atom. The van der Waals surface area contributed by atoms with E-state index in [9.17, 15) is 8.42 Å². The number of anilines is 2. The molecule has 10 heteroatoms. The molecule has 5 rings (SSSR count). The van der Waals surface area contributed by atoms with Crippen LogP contribution in [0, 0.1) is 20.8 Å². The first-order valence-corrected chi connectivity index (χ1v) is 14.7. The Kier molecular flexibility index (Phi) is 6.94. The summed E-state index contributed by atoms with van der Waals surface area (Å²) in [4.78, 5) is 6.73. The van der Waals surface area contributed by atoms with Crippen LogP contribution in [0.4, 0.5) is 11.4 Å². The van der Waals surface area contributed by atoms with Crippen LogP contribution in [0.1, 0.15) is 40.3 Å². The molecule has 38 heavy (non-hydrogen) atoms. The molecule has 2 aromatic carbocycles. The van der Waals surface area contributed by atoms with E-state index < -0.39 is 10.0 Å². The van der Waals surface area contributed by atoms with E-state index >= 15 is 0 Å². The number of nitrogens with zero attached hydrogens (tertiary/aromatic N) is 3. The minimum Gasteiger partial charge on any atom is -0.351 e. The summed E-state index contributed by atoms with van der Waals surface area (Å²) in [5.74, 6) is 0. The average Bonchev–Trinajstić information content (AvgIpc) is 3.36. The highest BCUT2D eigenvalue weighted by atomic mass is 35.5. The zero-order chi connectivity index (χ0) is 27.2. The first-order valence-electron chi connectivity index (χ1n) is 12.1. The molecule has 1 aliphatic heterocycles. The average molecular weight is 566 g/mol. The third-order valence-electron chi connectivity index (χ3n) is 6.75. The first kappa shape index (κ1) is 26.2. The fourth-order valence-corrected chi connectivity index (χ4v) is 6.21. The van der Waals surface area contributed by atoms with Gasteiger partial charge in [0.2, 0.25) is 10.0 Å². The summed E-state index contributed by atoms with van der Waals surface area (Å²) in [5.41, 5.74) is 7.61. The Hall–Kier alpha value is -3.40. The van der Waals surface area contributed by atoms with Gasteiger partial charge in [-0.2, -0.15) is 0 Å². The van der Waals surface area contributed by atoms with Gasteiger partial charge in [0, 0.05) is 39.7 Å². The standard InChI is InChI=1S/C28H28ClN5O2S2/c1-17-8-9-20(29)16-25(17)33-18(2)15-23(19(33)3)27-26(24-7-5-6-14-30-24)31-28(37)34(27)22-12-10-21(11-13-22)32-38(4,35)36/h5-16,26-27,32H,1-4H3,(H,31,37). The second kappa shape index (κ2) is 10.1. The second-order valence-electron chi connectivity index (χ2n) is 9.51. The van der Waals surface area contributed by atoms with Crippen molar-refractivity contribution in [3.8, 4) is 5.69 Å². The highest BCUT2D eigenvalue weighted by Gasteiger charge is 2.42. The fourth-order valence-electron chi connectivity index (χ4n) is 5.13. The molecule has 0 aliphatic carbocycles. The topological polar surface area (TPSA) is 79.3 Å². The molecule has 1 fully saturated rings. The van der Waals surface area contributed by atoms with E-state index in [-0.39, 0.29) is 12.1 Å². The maximum atomic E-state index is 11.7. The van der Waals surface area contributed by atoms with Crippen LogP contribution in [0.5, 0.6) is 0 Å². The highest BCUT2D eigenvalue weighted by molar-refractivity contribution is 7.92. The number of hydrogen-bond acceptors (Lipinski definition) is 4. The van der Waals surface area contributed by atoms with Crippen molar-refractivity contribution in [3.63, 3.8) is 0 Å². The highest BCUT2D eigenvalue weighted by Crippen LogP contribution is 2.44. The van der Waals surface area contributed by atoms with Gasteiger partial charge in [-0.15, -0.1) is 0 Å². The lowest BCUT2D eigenvalue weighted by atomic mass is 9.96. The van der Waals surface area contributed by atoms with Crippen LogP contribution in [-0.4, -0.2) is 29.3 Å². The molecule has 7 nitrogen and oxygen atoms in total. The van der Waals surface area contributed by atoms with E-state index in [1.807, 2.05) is 48.5 Å². The molecule has 0 spiro atoms. The zero-order valence-electron chi connectivity index (χ0n) is 21.4. The molecule has 1 saturated heterocycles. The van der Waals surface area contributed by atoms with Gasteiger partial charge in [-0.25, -0.2) is 8.42 Å². The maximum Gasteiger partial charge on any atom is 0.229 e. The number of thiocarbonyl (C=S) groups is 1. The van der Waals surface area contributed by atoms with Crippen LogP contribution in [0.25, 0.3) is 5.69 Å². The number of hydrogen-bond donors (Lipinski definition) is 2. The largest absolute Gasteiger partial charge is 0.351 e. The predicted octanol–water partition coefficient (Wildman–Crippen LogP) is 6.00. The van der Waals surface area contributed by atoms with Gasteiger partial charge in [0.1, 0.15) is 0 Å². The van der Waals surface area contributed by atoms with Crippen molar-refractivity contribution >= 4 is 50.3 Å². The van der Waals surface area contributed by atoms with Crippen molar-refractivity contribution in [2.24, 2.45) is 0 Å². The molecule has 2 N–H and O–H groups in total. The molecule has 0 saturated carbocycles. The van der Waals surface area contributed by atoms with E-state index in [0.29, 0.717) is 15.8 Å². The van der Waals surface area contributed by atoms with Gasteiger partial charge in [0.15, 0.2) is 5.11 Å². The number of benzene rings is 2. The van der Waals surface area contributed by atoms with Crippen LogP contribution in [0.2, 0.25) is 5.02 Å². The number of rotatable bonds is 6. The van der Waals surface area contributed by atoms with Crippen LogP contribution < -0.4 is 14.9 Å². The van der Waals surface area contributed by atoms with Crippen LogP contribution in [-0.2, 0) is 10.0 Å². The van der Waals surface area contributed by atoms with Gasteiger partial charge in [-0.3, -0.25) is 9.71 Å². The number of sulfonamides is 1. The van der Waals surface area contributed by atoms with Crippen molar-refractivity contribution in [1.29, 1.82) is 0 Å². The first-order chi connectivity index (χ1) is 18.0. The monoisotopic (exact) mass is 565 g/mol. The Bertz CT molecular complexity index is 1620. The van der Waals surface area contributed by atoms with Crippen molar-refractivity contribution in [3.05, 3.63) is 106 Å². The summed E-state index contributed by atoms with van der Waals surface area (Å²) in [6.07, 6.45) is 2.91. The zero-order valence-corrected chi connectivity index (χ0v) is 23.8. The molecule has 1 aliphatic rings. The summed E-state index contributed by atoms with van der Waals surface area (Å²) in [6.45, 7) is 6.27. The lowest BCUT2D eigenvalue weighted by Gasteiger charge is -2.28. The molecule has 2 aromatic heterocycles. The van der Waals surface area contributed by atoms with Gasteiger partial charge < -0.3 is 14.8 Å². The number of halogens is 1. The second-order valence-corrected chi connectivity index (χ2v) is 12.1. The van der Waals surface area contributed by atoms with E-state index in [2.05, 4.69) is 51.3 Å². The normalized spacial score (nSPS) is 17.5. The summed E-state index contributed by atoms with van der Waals surface area (Å²) in [5, 5.41) is 4.74. The SMILES string of the molecule is Cc1ccc(Cl)cc1-n1c(C)cc(C2C(c3ccccn3)NC(=S)N2c2ccc(NS(C)(=O)=O)cc2)c1C. The lowest BCUT2D eigenvalue weighted by molar-refractivity contribution is 0.565. The van der Waals surface area contributed by atoms with E-state index in [0.717, 1.165) is 45.8 Å². The molecule has 2 unspecified atom stereocenters. The van der Waals surface area contributed by atoms with Crippen LogP contribution >= 0.6 is 23.8 Å². The quantitative estimate of drug-likeness (QED) is 0.279. The molecule has 196 valence electrons. The molecular formula is C28H28ClN5O2S2. The van der Waals surface area contributed by atoms with Crippen molar-refractivity contribution in [1.82, 2.24) is 14.9 Å². The van der Waals surface area contributed by atoms with Crippen molar-refractivity contribution in [2.75, 3.05) is 15.9 Å². The lowest BCUT2D eigenvalue weighted by Crippen LogP contribution is -2.29. The summed E-state index contributed by atoms with van der Waals surface area (Å²) in [7, 11) is -3.38. The van der Waals surface area contributed by atoms with Crippen LogP contribution in [0.3, 0.4) is 0 Å². The molecule has 2 atom stereocenters. The minimum atomic E-state index is -3.38. The maximum absolute atomic E-state index is 11.7. The summed E-state index contributed by atoms with van der Waals surface area (Å²) >= 11 is 12.2. The van der Waals surface area contributed by atoms with Crippen molar-refractivity contribution in [2.45, 2.75) is 32.9 Å². The Balaban J connectivity index is 1.65. The molecule has 0 bridgehead atoms. The third-order valence-corrected chi connectivity index (χ3v) is 7.90. The molecule has 0 radical (unpaired) electrons. The Morgan fingerprint density at radius 3 is 2.42 bits per heavy atom. The number of nitrogens with one attached hydrogen (secondary N) is 2. The van der Waals surface area contributed by atoms with Crippen LogP contribution in [0.15, 0.2) is 72.9 Å². The number of pyridine rings is 1. The molecule has 0 amide bonds. The molecule has 3 heterocycles. The van der Waals surface area contributed by atoms with E-state index in [4.69, 9.17) is 23.8 Å². The fraction of sp³-hybridized carbons (Fsp3) is 0.214. The van der Waals surface area contributed by atoms with Gasteiger partial charge in [0.25, 0.3) is 0 Å². The molecular weight excluding hydrogens is 538 g/mol. The van der Waals surface area contributed by atoms with Gasteiger partial charge in [0.05, 0.1) is 24.0 Å². The Labute approximate surface area is 233 Å². The smallest absolute Gasteiger partial charge is 0.229 e. The summed E-state index contributed by atoms with van der Waals surface area (Å²) in [6, 6.07) is 20.8. The van der Waals surface area contributed by atoms with Gasteiger partial charge >= 0.3 is 0 Å². The number of aryl methyl sites for hydroxylation is 2.